The average Bonchev–Trinajstić information content (AvgIpc) is 3.52. The van der Waals surface area contributed by atoms with Crippen LogP contribution in [-0.2, 0) is 17.6 Å². The number of amides is 1. The number of carbonyl (C=O) groups is 2. The zero-order valence-corrected chi connectivity index (χ0v) is 25.8. The van der Waals surface area contributed by atoms with Gasteiger partial charge in [0.1, 0.15) is 10.6 Å². The van der Waals surface area contributed by atoms with Crippen molar-refractivity contribution in [3.63, 3.8) is 0 Å². The average molecular weight is 623 g/mol. The molecule has 0 radical (unpaired) electrons. The summed E-state index contributed by atoms with van der Waals surface area (Å²) in [5, 5.41) is 10.7. The van der Waals surface area contributed by atoms with Crippen molar-refractivity contribution in [2.45, 2.75) is 64.2 Å². The quantitative estimate of drug-likeness (QED) is 0.132. The Labute approximate surface area is 255 Å². The van der Waals surface area contributed by atoms with Gasteiger partial charge < -0.3 is 14.7 Å². The third kappa shape index (κ3) is 7.59. The highest BCUT2D eigenvalue weighted by atomic mass is 35.5. The lowest BCUT2D eigenvalue weighted by atomic mass is 9.92. The smallest absolute Gasteiger partial charge is 0.353 e. The van der Waals surface area contributed by atoms with Crippen molar-refractivity contribution in [3.8, 4) is 16.9 Å². The highest BCUT2D eigenvalue weighted by molar-refractivity contribution is 7.14. The van der Waals surface area contributed by atoms with Gasteiger partial charge in [0.25, 0.3) is 0 Å². The molecule has 1 aliphatic rings. The second-order valence-corrected chi connectivity index (χ2v) is 12.8. The number of nitrogens with zero attached hydrogens (tertiary/aromatic N) is 1. The molecular formula is C31H34Cl3NO4S. The first-order chi connectivity index (χ1) is 19.2. The molecule has 1 N–H and O–H groups in total. The molecule has 40 heavy (non-hydrogen) atoms. The normalized spacial score (nSPS) is 16.8. The van der Waals surface area contributed by atoms with Crippen molar-refractivity contribution in [2.24, 2.45) is 5.92 Å². The van der Waals surface area contributed by atoms with E-state index in [1.54, 1.807) is 30.3 Å². The number of thiophene rings is 1. The summed E-state index contributed by atoms with van der Waals surface area (Å²) >= 11 is 21.0. The minimum atomic E-state index is -0.453. The first-order valence-corrected chi connectivity index (χ1v) is 15.7. The van der Waals surface area contributed by atoms with Crippen molar-refractivity contribution < 1.29 is 19.4 Å². The Morgan fingerprint density at radius 1 is 1.10 bits per heavy atom. The first kappa shape index (κ1) is 30.9. The number of anilines is 1. The van der Waals surface area contributed by atoms with Gasteiger partial charge in [-0.1, -0.05) is 36.5 Å². The lowest BCUT2D eigenvalue weighted by molar-refractivity contribution is -0.116. The number of carbonyl (C=O) groups excluding carboxylic acids is 2. The number of aryl methyl sites for hydroxylation is 2. The van der Waals surface area contributed by atoms with Gasteiger partial charge in [-0.15, -0.1) is 22.9 Å². The molecule has 0 saturated heterocycles. The Kier molecular flexibility index (Phi) is 10.9. The van der Waals surface area contributed by atoms with Crippen LogP contribution in [0.2, 0.25) is 10.0 Å². The summed E-state index contributed by atoms with van der Waals surface area (Å²) in [7, 11) is 0. The van der Waals surface area contributed by atoms with E-state index in [4.69, 9.17) is 39.5 Å². The molecule has 1 amide bonds. The highest BCUT2D eigenvalue weighted by Crippen LogP contribution is 2.42. The van der Waals surface area contributed by atoms with E-state index in [0.717, 1.165) is 66.5 Å². The number of ether oxygens (including phenoxy) is 1. The van der Waals surface area contributed by atoms with Crippen LogP contribution in [0.5, 0.6) is 5.75 Å². The monoisotopic (exact) mass is 621 g/mol. The molecule has 5 nitrogen and oxygen atoms in total. The summed E-state index contributed by atoms with van der Waals surface area (Å²) in [6.07, 6.45) is 6.83. The number of halogens is 3. The molecule has 0 aliphatic heterocycles. The largest absolute Gasteiger partial charge is 0.422 e. The molecular weight excluding hydrogens is 589 g/mol. The summed E-state index contributed by atoms with van der Waals surface area (Å²) in [4.78, 5) is 28.1. The Balaban J connectivity index is 1.58. The number of rotatable bonds is 11. The SMILES string of the molecule is CCCc1sc(C(=O)Oc2ccc(N(CCO)C(C)=O)cc2)cc1-c1c(Cl)cc(Cl)cc1CCC1CCC(Cl)C1. The maximum atomic E-state index is 13.2. The molecule has 1 aromatic heterocycles. The molecule has 2 aromatic carbocycles. The van der Waals surface area contributed by atoms with Crippen LogP contribution in [0.4, 0.5) is 5.69 Å². The van der Waals surface area contributed by atoms with Gasteiger partial charge in [0.2, 0.25) is 5.91 Å². The van der Waals surface area contributed by atoms with Gasteiger partial charge in [0.05, 0.1) is 11.6 Å². The van der Waals surface area contributed by atoms with Crippen LogP contribution >= 0.6 is 46.1 Å². The number of aliphatic hydroxyl groups is 1. The predicted octanol–water partition coefficient (Wildman–Crippen LogP) is 8.58. The van der Waals surface area contributed by atoms with E-state index in [1.807, 2.05) is 12.1 Å². The molecule has 1 aliphatic carbocycles. The van der Waals surface area contributed by atoms with Gasteiger partial charge in [0, 0.05) is 40.0 Å². The van der Waals surface area contributed by atoms with Gasteiger partial charge in [-0.3, -0.25) is 4.79 Å². The second-order valence-electron chi connectivity index (χ2n) is 10.2. The molecule has 2 unspecified atom stereocenters. The number of hydrogen-bond donors (Lipinski definition) is 1. The van der Waals surface area contributed by atoms with Gasteiger partial charge in [-0.2, -0.15) is 0 Å². The molecule has 1 fully saturated rings. The Morgan fingerprint density at radius 2 is 1.85 bits per heavy atom. The van der Waals surface area contributed by atoms with Crippen molar-refractivity contribution >= 4 is 63.7 Å². The maximum Gasteiger partial charge on any atom is 0.353 e. The minimum Gasteiger partial charge on any atom is -0.422 e. The van der Waals surface area contributed by atoms with E-state index in [0.29, 0.717) is 32.3 Å². The predicted molar refractivity (Wildman–Crippen MR) is 166 cm³/mol. The van der Waals surface area contributed by atoms with Crippen molar-refractivity contribution in [1.82, 2.24) is 0 Å². The van der Waals surface area contributed by atoms with Crippen LogP contribution in [0.3, 0.4) is 0 Å². The summed E-state index contributed by atoms with van der Waals surface area (Å²) in [6.45, 7) is 3.59. The summed E-state index contributed by atoms with van der Waals surface area (Å²) in [6, 6.07) is 12.3. The zero-order valence-electron chi connectivity index (χ0n) is 22.7. The third-order valence-corrected chi connectivity index (χ3v) is 9.34. The molecule has 3 aromatic rings. The fourth-order valence-electron chi connectivity index (χ4n) is 5.33. The Bertz CT molecular complexity index is 1340. The van der Waals surface area contributed by atoms with Gasteiger partial charge in [0.15, 0.2) is 0 Å². The zero-order chi connectivity index (χ0) is 28.8. The number of aliphatic hydroxyl groups excluding tert-OH is 1. The highest BCUT2D eigenvalue weighted by Gasteiger charge is 2.25. The second kappa shape index (κ2) is 14.2. The lowest BCUT2D eigenvalue weighted by Gasteiger charge is -2.20. The number of alkyl halides is 1. The standard InChI is InChI=1S/C31H34Cl3NO4S/c1-3-4-28-26(30-21(16-23(33)17-27(30)34)7-5-20-6-8-22(32)15-20)18-29(40-28)31(38)39-25-11-9-24(10-12-25)35(13-14-36)19(2)37/h9-12,16-18,20,22,36H,3-8,13-15H2,1-2H3. The Hall–Kier alpha value is -2.09. The number of hydrogen-bond acceptors (Lipinski definition) is 5. The van der Waals surface area contributed by atoms with Crippen molar-refractivity contribution in [1.29, 1.82) is 0 Å². The van der Waals surface area contributed by atoms with Crippen molar-refractivity contribution in [3.05, 3.63) is 67.8 Å². The van der Waals surface area contributed by atoms with E-state index in [2.05, 4.69) is 6.92 Å². The van der Waals surface area contributed by atoms with Crippen LogP contribution in [0, 0.1) is 5.92 Å². The molecule has 214 valence electrons. The molecule has 0 spiro atoms. The first-order valence-electron chi connectivity index (χ1n) is 13.7. The van der Waals surface area contributed by atoms with Crippen LogP contribution < -0.4 is 9.64 Å². The van der Waals surface area contributed by atoms with E-state index in [9.17, 15) is 14.7 Å². The fraction of sp³-hybridized carbons (Fsp3) is 0.419. The minimum absolute atomic E-state index is 0.148. The van der Waals surface area contributed by atoms with Gasteiger partial charge in [-0.05, 0) is 98.0 Å². The third-order valence-electron chi connectivity index (χ3n) is 7.26. The molecule has 2 atom stereocenters. The number of esters is 1. The van der Waals surface area contributed by atoms with Gasteiger partial charge in [-0.25, -0.2) is 4.79 Å². The maximum absolute atomic E-state index is 13.2. The topological polar surface area (TPSA) is 66.8 Å². The van der Waals surface area contributed by atoms with Crippen LogP contribution in [0.1, 0.15) is 66.1 Å². The molecule has 1 saturated carbocycles. The van der Waals surface area contributed by atoms with Crippen LogP contribution in [-0.4, -0.2) is 35.5 Å². The van der Waals surface area contributed by atoms with Gasteiger partial charge >= 0.3 is 5.97 Å². The molecule has 9 heteroatoms. The van der Waals surface area contributed by atoms with Crippen LogP contribution in [0.15, 0.2) is 42.5 Å². The number of benzene rings is 2. The van der Waals surface area contributed by atoms with Crippen LogP contribution in [0.25, 0.3) is 11.1 Å². The Morgan fingerprint density at radius 3 is 2.48 bits per heavy atom. The molecule has 1 heterocycles. The summed E-state index contributed by atoms with van der Waals surface area (Å²) in [5.41, 5.74) is 3.59. The van der Waals surface area contributed by atoms with Crippen molar-refractivity contribution in [2.75, 3.05) is 18.1 Å². The summed E-state index contributed by atoms with van der Waals surface area (Å²) < 4.78 is 5.69. The summed E-state index contributed by atoms with van der Waals surface area (Å²) in [5.74, 6) is 0.326. The molecule has 4 rings (SSSR count). The van der Waals surface area contributed by atoms with E-state index >= 15 is 0 Å². The van der Waals surface area contributed by atoms with E-state index < -0.39 is 5.97 Å². The van der Waals surface area contributed by atoms with E-state index in [1.165, 1.54) is 23.2 Å². The fourth-order valence-corrected chi connectivity index (χ4v) is 7.49. The molecule has 0 bridgehead atoms. The lowest BCUT2D eigenvalue weighted by Crippen LogP contribution is -2.31. The van der Waals surface area contributed by atoms with E-state index in [-0.39, 0.29) is 24.4 Å².